The third kappa shape index (κ3) is 2.75. The number of halogens is 1. The summed E-state index contributed by atoms with van der Waals surface area (Å²) in [6.07, 6.45) is 6.90. The lowest BCUT2D eigenvalue weighted by molar-refractivity contribution is 0.0985. The second-order valence-electron chi connectivity index (χ2n) is 5.43. The van der Waals surface area contributed by atoms with Crippen LogP contribution in [0.5, 0.6) is 11.5 Å². The summed E-state index contributed by atoms with van der Waals surface area (Å²) in [7, 11) is 0. The van der Waals surface area contributed by atoms with Gasteiger partial charge in [0.2, 0.25) is 6.79 Å². The molecule has 1 heterocycles. The van der Waals surface area contributed by atoms with Crippen LogP contribution in [0.4, 0.5) is 0 Å². The molecule has 1 N–H and O–H groups in total. The van der Waals surface area contributed by atoms with E-state index in [4.69, 9.17) is 9.47 Å². The van der Waals surface area contributed by atoms with Gasteiger partial charge < -0.3 is 14.6 Å². The summed E-state index contributed by atoms with van der Waals surface area (Å²) in [5.41, 5.74) is 0.933. The Bertz CT molecular complexity index is 453. The van der Waals surface area contributed by atoms with Crippen molar-refractivity contribution in [1.82, 2.24) is 0 Å². The van der Waals surface area contributed by atoms with Gasteiger partial charge in [0.15, 0.2) is 11.5 Å². The minimum Gasteiger partial charge on any atom is -0.454 e. The molecule has 1 aromatic rings. The second-order valence-corrected chi connectivity index (χ2v) is 6.29. The maximum absolute atomic E-state index is 10.6. The first-order valence-corrected chi connectivity index (χ1v) is 7.82. The highest BCUT2D eigenvalue weighted by atomic mass is 79.9. The van der Waals surface area contributed by atoms with Gasteiger partial charge in [0.1, 0.15) is 0 Å². The molecule has 0 radical (unpaired) electrons. The van der Waals surface area contributed by atoms with Gasteiger partial charge in [0.25, 0.3) is 0 Å². The monoisotopic (exact) mass is 326 g/mol. The zero-order valence-corrected chi connectivity index (χ0v) is 12.5. The molecule has 1 aromatic carbocycles. The number of rotatable bonds is 2. The van der Waals surface area contributed by atoms with Crippen LogP contribution >= 0.6 is 15.9 Å². The fourth-order valence-electron chi connectivity index (χ4n) is 3.06. The Kier molecular flexibility index (Phi) is 3.99. The van der Waals surface area contributed by atoms with Crippen LogP contribution in [0, 0.1) is 5.92 Å². The van der Waals surface area contributed by atoms with Crippen LogP contribution in [0.25, 0.3) is 0 Å². The van der Waals surface area contributed by atoms with Gasteiger partial charge in [-0.1, -0.05) is 25.7 Å². The number of benzene rings is 1. The average Bonchev–Trinajstić information content (AvgIpc) is 2.72. The lowest BCUT2D eigenvalue weighted by Crippen LogP contribution is -2.12. The zero-order chi connectivity index (χ0) is 13.2. The van der Waals surface area contributed by atoms with Crippen molar-refractivity contribution in [3.8, 4) is 11.5 Å². The van der Waals surface area contributed by atoms with Crippen LogP contribution in [-0.4, -0.2) is 11.9 Å². The SMILES string of the molecule is OC(c1cc(Br)c2c(c1)OCO2)C1CCCCCC1. The summed E-state index contributed by atoms with van der Waals surface area (Å²) in [6, 6.07) is 3.88. The molecule has 3 rings (SSSR count). The minimum absolute atomic E-state index is 0.261. The fourth-order valence-corrected chi connectivity index (χ4v) is 3.63. The molecule has 2 aliphatic rings. The third-order valence-corrected chi connectivity index (χ3v) is 4.73. The minimum atomic E-state index is -0.399. The molecule has 4 heteroatoms. The summed E-state index contributed by atoms with van der Waals surface area (Å²) in [5, 5.41) is 10.6. The summed E-state index contributed by atoms with van der Waals surface area (Å²) < 4.78 is 11.7. The highest BCUT2D eigenvalue weighted by molar-refractivity contribution is 9.10. The maximum atomic E-state index is 10.6. The molecular weight excluding hydrogens is 308 g/mol. The molecule has 0 aromatic heterocycles. The highest BCUT2D eigenvalue weighted by Crippen LogP contribution is 2.43. The average molecular weight is 327 g/mol. The summed E-state index contributed by atoms with van der Waals surface area (Å²) in [5.74, 6) is 1.85. The molecule has 1 fully saturated rings. The van der Waals surface area contributed by atoms with Crippen LogP contribution in [-0.2, 0) is 0 Å². The van der Waals surface area contributed by atoms with Crippen LogP contribution in [0.1, 0.15) is 50.2 Å². The van der Waals surface area contributed by atoms with Gasteiger partial charge in [0.05, 0.1) is 10.6 Å². The van der Waals surface area contributed by atoms with Crippen molar-refractivity contribution in [2.24, 2.45) is 5.92 Å². The number of aliphatic hydroxyl groups is 1. The van der Waals surface area contributed by atoms with Gasteiger partial charge in [-0.15, -0.1) is 0 Å². The summed E-state index contributed by atoms with van der Waals surface area (Å²) in [4.78, 5) is 0. The van der Waals surface area contributed by atoms with Crippen LogP contribution in [0.3, 0.4) is 0 Å². The van der Waals surface area contributed by atoms with Crippen molar-refractivity contribution < 1.29 is 14.6 Å². The Morgan fingerprint density at radius 3 is 2.58 bits per heavy atom. The predicted octanol–water partition coefficient (Wildman–Crippen LogP) is 4.18. The molecule has 1 unspecified atom stereocenters. The van der Waals surface area contributed by atoms with Crippen molar-refractivity contribution in [1.29, 1.82) is 0 Å². The molecule has 0 spiro atoms. The van der Waals surface area contributed by atoms with Crippen LogP contribution < -0.4 is 9.47 Å². The number of aliphatic hydroxyl groups excluding tert-OH is 1. The van der Waals surface area contributed by atoms with E-state index >= 15 is 0 Å². The Labute approximate surface area is 122 Å². The maximum Gasteiger partial charge on any atom is 0.231 e. The molecule has 3 nitrogen and oxygen atoms in total. The van der Waals surface area contributed by atoms with Gasteiger partial charge in [-0.2, -0.15) is 0 Å². The lowest BCUT2D eigenvalue weighted by Gasteiger charge is -2.22. The van der Waals surface area contributed by atoms with Crippen LogP contribution in [0.2, 0.25) is 0 Å². The second kappa shape index (κ2) is 5.71. The Morgan fingerprint density at radius 1 is 1.11 bits per heavy atom. The first-order valence-electron chi connectivity index (χ1n) is 7.03. The number of hydrogen-bond acceptors (Lipinski definition) is 3. The van der Waals surface area contributed by atoms with E-state index in [0.29, 0.717) is 5.92 Å². The van der Waals surface area contributed by atoms with Crippen molar-refractivity contribution >= 4 is 15.9 Å². The fraction of sp³-hybridized carbons (Fsp3) is 0.600. The summed E-state index contributed by atoms with van der Waals surface area (Å²) >= 11 is 3.49. The molecule has 0 bridgehead atoms. The van der Waals surface area contributed by atoms with E-state index < -0.39 is 6.10 Å². The van der Waals surface area contributed by atoms with Gasteiger partial charge in [-0.3, -0.25) is 0 Å². The molecule has 1 aliphatic carbocycles. The number of hydrogen-bond donors (Lipinski definition) is 1. The molecule has 19 heavy (non-hydrogen) atoms. The molecule has 1 saturated carbocycles. The first-order chi connectivity index (χ1) is 9.25. The first kappa shape index (κ1) is 13.3. The van der Waals surface area contributed by atoms with Crippen molar-refractivity contribution in [3.63, 3.8) is 0 Å². The Hall–Kier alpha value is -0.740. The van der Waals surface area contributed by atoms with E-state index in [2.05, 4.69) is 15.9 Å². The molecule has 0 amide bonds. The predicted molar refractivity (Wildman–Crippen MR) is 76.4 cm³/mol. The van der Waals surface area contributed by atoms with E-state index in [0.717, 1.165) is 34.4 Å². The van der Waals surface area contributed by atoms with E-state index in [-0.39, 0.29) is 6.79 Å². The van der Waals surface area contributed by atoms with E-state index in [1.165, 1.54) is 25.7 Å². The standard InChI is InChI=1S/C15H19BrO3/c16-12-7-11(8-13-15(12)19-9-18-13)14(17)10-5-3-1-2-4-6-10/h7-8,10,14,17H,1-6,9H2. The normalized spacial score (nSPS) is 21.2. The smallest absolute Gasteiger partial charge is 0.231 e. The number of ether oxygens (including phenoxy) is 2. The van der Waals surface area contributed by atoms with Gasteiger partial charge >= 0.3 is 0 Å². The topological polar surface area (TPSA) is 38.7 Å². The molecule has 1 aliphatic heterocycles. The van der Waals surface area contributed by atoms with Gasteiger partial charge in [-0.25, -0.2) is 0 Å². The van der Waals surface area contributed by atoms with Crippen molar-refractivity contribution in [2.75, 3.05) is 6.79 Å². The molecule has 104 valence electrons. The van der Waals surface area contributed by atoms with Gasteiger partial charge in [-0.05, 0) is 52.4 Å². The summed E-state index contributed by atoms with van der Waals surface area (Å²) in [6.45, 7) is 0.261. The molecule has 0 saturated heterocycles. The van der Waals surface area contributed by atoms with E-state index in [9.17, 15) is 5.11 Å². The molecular formula is C15H19BrO3. The Morgan fingerprint density at radius 2 is 1.84 bits per heavy atom. The van der Waals surface area contributed by atoms with E-state index in [1.54, 1.807) is 0 Å². The Balaban J connectivity index is 1.83. The van der Waals surface area contributed by atoms with Crippen LogP contribution in [0.15, 0.2) is 16.6 Å². The largest absolute Gasteiger partial charge is 0.454 e. The van der Waals surface area contributed by atoms with E-state index in [1.807, 2.05) is 12.1 Å². The lowest BCUT2D eigenvalue weighted by atomic mass is 9.89. The van der Waals surface area contributed by atoms with Gasteiger partial charge in [0, 0.05) is 0 Å². The van der Waals surface area contributed by atoms with Crippen molar-refractivity contribution in [3.05, 3.63) is 22.2 Å². The number of fused-ring (bicyclic) bond motifs is 1. The molecule has 1 atom stereocenters. The quantitative estimate of drug-likeness (QED) is 0.828. The third-order valence-electron chi connectivity index (χ3n) is 4.14. The zero-order valence-electron chi connectivity index (χ0n) is 10.9. The highest BCUT2D eigenvalue weighted by Gasteiger charge is 2.26. The van der Waals surface area contributed by atoms with Crippen molar-refractivity contribution in [2.45, 2.75) is 44.6 Å².